The third-order valence-corrected chi connectivity index (χ3v) is 3.71. The number of aryl methyl sites for hydroxylation is 1. The second-order valence-corrected chi connectivity index (χ2v) is 5.23. The van der Waals surface area contributed by atoms with E-state index in [1.807, 2.05) is 30.1 Å². The zero-order valence-electron chi connectivity index (χ0n) is 12.2. The van der Waals surface area contributed by atoms with E-state index in [9.17, 15) is 4.79 Å². The number of carbonyl (C=O) groups is 1. The van der Waals surface area contributed by atoms with Crippen LogP contribution in [0.4, 0.5) is 0 Å². The van der Waals surface area contributed by atoms with E-state index in [2.05, 4.69) is 15.2 Å². The fourth-order valence-corrected chi connectivity index (χ4v) is 2.32. The maximum Gasteiger partial charge on any atom is 0.222 e. The molecule has 0 unspecified atom stereocenters. The second-order valence-electron chi connectivity index (χ2n) is 5.23. The van der Waals surface area contributed by atoms with Gasteiger partial charge in [-0.05, 0) is 18.6 Å². The van der Waals surface area contributed by atoms with Crippen LogP contribution in [-0.2, 0) is 11.2 Å². The maximum absolute atomic E-state index is 12.1. The summed E-state index contributed by atoms with van der Waals surface area (Å²) in [4.78, 5) is 20.5. The van der Waals surface area contributed by atoms with Crippen molar-refractivity contribution in [1.29, 1.82) is 0 Å². The molecule has 1 N–H and O–H groups in total. The van der Waals surface area contributed by atoms with Crippen LogP contribution in [0.1, 0.15) is 12.1 Å². The Morgan fingerprint density at radius 2 is 2.20 bits per heavy atom. The summed E-state index contributed by atoms with van der Waals surface area (Å²) in [6.07, 6.45) is 3.03. The van der Waals surface area contributed by atoms with Gasteiger partial charge in [0.1, 0.15) is 0 Å². The van der Waals surface area contributed by atoms with E-state index in [0.717, 1.165) is 51.4 Å². The van der Waals surface area contributed by atoms with Crippen molar-refractivity contribution in [3.05, 3.63) is 30.1 Å². The van der Waals surface area contributed by atoms with E-state index in [4.69, 9.17) is 0 Å². The molecule has 20 heavy (non-hydrogen) atoms. The molecule has 5 nitrogen and oxygen atoms in total. The number of rotatable bonds is 6. The largest absolute Gasteiger partial charge is 0.344 e. The van der Waals surface area contributed by atoms with Crippen LogP contribution in [0.5, 0.6) is 0 Å². The first-order chi connectivity index (χ1) is 9.75. The van der Waals surface area contributed by atoms with Crippen molar-refractivity contribution in [2.75, 3.05) is 46.3 Å². The molecule has 0 aliphatic carbocycles. The number of pyridine rings is 1. The minimum Gasteiger partial charge on any atom is -0.344 e. The highest BCUT2D eigenvalue weighted by molar-refractivity contribution is 5.76. The molecule has 1 saturated heterocycles. The van der Waals surface area contributed by atoms with Gasteiger partial charge in [-0.1, -0.05) is 6.07 Å². The summed E-state index contributed by atoms with van der Waals surface area (Å²) in [6, 6.07) is 5.82. The predicted octanol–water partition coefficient (Wildman–Crippen LogP) is 0.378. The first-order valence-corrected chi connectivity index (χ1v) is 7.32. The fourth-order valence-electron chi connectivity index (χ4n) is 2.32. The van der Waals surface area contributed by atoms with Gasteiger partial charge in [-0.15, -0.1) is 0 Å². The first kappa shape index (κ1) is 14.9. The number of nitrogens with one attached hydrogen (secondary N) is 1. The van der Waals surface area contributed by atoms with Crippen molar-refractivity contribution < 1.29 is 4.79 Å². The third-order valence-electron chi connectivity index (χ3n) is 3.71. The van der Waals surface area contributed by atoms with Crippen molar-refractivity contribution in [2.24, 2.45) is 0 Å². The highest BCUT2D eigenvalue weighted by Gasteiger charge is 2.13. The number of aromatic nitrogens is 1. The Morgan fingerprint density at radius 1 is 1.40 bits per heavy atom. The van der Waals surface area contributed by atoms with Crippen LogP contribution in [0.25, 0.3) is 0 Å². The number of nitrogens with zero attached hydrogens (tertiary/aromatic N) is 3. The first-order valence-electron chi connectivity index (χ1n) is 7.32. The highest BCUT2D eigenvalue weighted by atomic mass is 16.2. The van der Waals surface area contributed by atoms with Gasteiger partial charge < -0.3 is 10.2 Å². The number of hydrogen-bond acceptors (Lipinski definition) is 4. The number of piperazine rings is 1. The zero-order chi connectivity index (χ0) is 14.2. The molecule has 0 atom stereocenters. The molecule has 2 rings (SSSR count). The van der Waals surface area contributed by atoms with Crippen LogP contribution in [0.3, 0.4) is 0 Å². The Morgan fingerprint density at radius 3 is 2.90 bits per heavy atom. The number of likely N-dealkylation sites (N-methyl/N-ethyl adjacent to an activating group) is 1. The standard InChI is InChI=1S/C15H24N4O/c1-18(12-13-19-10-8-16-9-11-19)15(20)6-5-14-4-2-3-7-17-14/h2-4,7,16H,5-6,8-13H2,1H3. The molecule has 110 valence electrons. The molecule has 5 heteroatoms. The van der Waals surface area contributed by atoms with Gasteiger partial charge in [-0.3, -0.25) is 14.7 Å². The molecule has 1 aromatic rings. The molecule has 0 bridgehead atoms. The molecule has 1 fully saturated rings. The molecule has 0 aromatic carbocycles. The van der Waals surface area contributed by atoms with Gasteiger partial charge in [-0.2, -0.15) is 0 Å². The topological polar surface area (TPSA) is 48.5 Å². The Labute approximate surface area is 121 Å². The van der Waals surface area contributed by atoms with Gasteiger partial charge in [0.2, 0.25) is 5.91 Å². The van der Waals surface area contributed by atoms with E-state index < -0.39 is 0 Å². The Balaban J connectivity index is 1.66. The summed E-state index contributed by atoms with van der Waals surface area (Å²) in [7, 11) is 1.89. The minimum atomic E-state index is 0.200. The molecule has 0 saturated carbocycles. The number of carbonyl (C=O) groups excluding carboxylic acids is 1. The summed E-state index contributed by atoms with van der Waals surface area (Å²) in [5, 5.41) is 3.33. The van der Waals surface area contributed by atoms with E-state index in [-0.39, 0.29) is 5.91 Å². The van der Waals surface area contributed by atoms with Crippen molar-refractivity contribution >= 4 is 5.91 Å². The van der Waals surface area contributed by atoms with E-state index in [1.54, 1.807) is 6.20 Å². The van der Waals surface area contributed by atoms with Gasteiger partial charge in [0.15, 0.2) is 0 Å². The van der Waals surface area contributed by atoms with E-state index in [1.165, 1.54) is 0 Å². The fraction of sp³-hybridized carbons (Fsp3) is 0.600. The molecular weight excluding hydrogens is 252 g/mol. The van der Waals surface area contributed by atoms with Crippen molar-refractivity contribution in [2.45, 2.75) is 12.8 Å². The lowest BCUT2D eigenvalue weighted by Gasteiger charge is -2.29. The second kappa shape index (κ2) is 7.97. The molecule has 1 aliphatic rings. The lowest BCUT2D eigenvalue weighted by atomic mass is 10.2. The molecular formula is C15H24N4O. The van der Waals surface area contributed by atoms with Crippen molar-refractivity contribution in [1.82, 2.24) is 20.1 Å². The van der Waals surface area contributed by atoms with Crippen LogP contribution >= 0.6 is 0 Å². The lowest BCUT2D eigenvalue weighted by molar-refractivity contribution is -0.130. The van der Waals surface area contributed by atoms with Crippen LogP contribution in [0.15, 0.2) is 24.4 Å². The van der Waals surface area contributed by atoms with Crippen molar-refractivity contribution in [3.63, 3.8) is 0 Å². The SMILES string of the molecule is CN(CCN1CCNCC1)C(=O)CCc1ccccn1. The normalized spacial score (nSPS) is 16.1. The summed E-state index contributed by atoms with van der Waals surface area (Å²) in [5.74, 6) is 0.200. The van der Waals surface area contributed by atoms with E-state index in [0.29, 0.717) is 6.42 Å². The zero-order valence-corrected chi connectivity index (χ0v) is 12.2. The van der Waals surface area contributed by atoms with Gasteiger partial charge >= 0.3 is 0 Å². The average molecular weight is 276 g/mol. The third kappa shape index (κ3) is 4.90. The average Bonchev–Trinajstić information content (AvgIpc) is 2.52. The van der Waals surface area contributed by atoms with Crippen LogP contribution in [0.2, 0.25) is 0 Å². The summed E-state index contributed by atoms with van der Waals surface area (Å²) in [5.41, 5.74) is 0.983. The molecule has 2 heterocycles. The van der Waals surface area contributed by atoms with Gasteiger partial charge in [0, 0.05) is 64.6 Å². The van der Waals surface area contributed by atoms with Crippen molar-refractivity contribution in [3.8, 4) is 0 Å². The maximum atomic E-state index is 12.1. The Kier molecular flexibility index (Phi) is 5.95. The Bertz CT molecular complexity index is 404. The van der Waals surface area contributed by atoms with Crippen LogP contribution < -0.4 is 5.32 Å². The number of hydrogen-bond donors (Lipinski definition) is 1. The predicted molar refractivity (Wildman–Crippen MR) is 79.5 cm³/mol. The summed E-state index contributed by atoms with van der Waals surface area (Å²) >= 11 is 0. The molecule has 1 aromatic heterocycles. The minimum absolute atomic E-state index is 0.200. The van der Waals surface area contributed by atoms with Gasteiger partial charge in [-0.25, -0.2) is 0 Å². The molecule has 0 radical (unpaired) electrons. The highest BCUT2D eigenvalue weighted by Crippen LogP contribution is 2.01. The summed E-state index contributed by atoms with van der Waals surface area (Å²) in [6.45, 7) is 6.04. The Hall–Kier alpha value is -1.46. The van der Waals surface area contributed by atoms with Crippen LogP contribution in [-0.4, -0.2) is 67.0 Å². The smallest absolute Gasteiger partial charge is 0.222 e. The van der Waals surface area contributed by atoms with Crippen LogP contribution in [0, 0.1) is 0 Å². The van der Waals surface area contributed by atoms with Gasteiger partial charge in [0.05, 0.1) is 0 Å². The lowest BCUT2D eigenvalue weighted by Crippen LogP contribution is -2.46. The quantitative estimate of drug-likeness (QED) is 0.816. The molecule has 1 amide bonds. The number of amides is 1. The monoisotopic (exact) mass is 276 g/mol. The van der Waals surface area contributed by atoms with Gasteiger partial charge in [0.25, 0.3) is 0 Å². The molecule has 0 spiro atoms. The van der Waals surface area contributed by atoms with E-state index >= 15 is 0 Å². The molecule has 1 aliphatic heterocycles. The summed E-state index contributed by atoms with van der Waals surface area (Å²) < 4.78 is 0.